The molecule has 21 heavy (non-hydrogen) atoms. The molecule has 7 nitrogen and oxygen atoms in total. The summed E-state index contributed by atoms with van der Waals surface area (Å²) < 4.78 is 13.6. The van der Waals surface area contributed by atoms with E-state index in [1.54, 1.807) is 0 Å². The lowest BCUT2D eigenvalue weighted by Gasteiger charge is -2.15. The lowest BCUT2D eigenvalue weighted by Crippen LogP contribution is -2.16. The maximum Gasteiger partial charge on any atom is 0.338 e. The number of benzene rings is 1. The van der Waals surface area contributed by atoms with E-state index in [-0.39, 0.29) is 18.2 Å². The summed E-state index contributed by atoms with van der Waals surface area (Å²) in [7, 11) is 0. The largest absolute Gasteiger partial charge is 0.478 e. The van der Waals surface area contributed by atoms with Gasteiger partial charge in [-0.15, -0.1) is 0 Å². The summed E-state index contributed by atoms with van der Waals surface area (Å²) in [5.74, 6) is -2.52. The number of hydrogen-bond acceptors (Lipinski definition) is 5. The Morgan fingerprint density at radius 1 is 1.52 bits per heavy atom. The first-order valence-corrected chi connectivity index (χ1v) is 6.46. The van der Waals surface area contributed by atoms with Crippen molar-refractivity contribution in [3.8, 4) is 0 Å². The number of carboxylic acids is 1. The molecule has 0 aliphatic carbocycles. The highest BCUT2D eigenvalue weighted by Gasteiger charge is 2.22. The molecule has 0 saturated carbocycles. The fourth-order valence-electron chi connectivity index (χ4n) is 1.91. The molecule has 1 aromatic rings. The number of nitro groups is 1. The van der Waals surface area contributed by atoms with Crippen molar-refractivity contribution in [1.82, 2.24) is 0 Å². The van der Waals surface area contributed by atoms with E-state index in [0.717, 1.165) is 12.5 Å². The lowest BCUT2D eigenvalue weighted by molar-refractivity contribution is -0.384. The Hall–Kier alpha value is -2.22. The second kappa shape index (κ2) is 7.53. The summed E-state index contributed by atoms with van der Waals surface area (Å²) in [5.41, 5.74) is -1.30. The minimum absolute atomic E-state index is 0.00536. The van der Waals surface area contributed by atoms with E-state index < -0.39 is 28.0 Å². The molecule has 0 aliphatic rings. The molecule has 3 N–H and O–H groups in total. The number of anilines is 1. The summed E-state index contributed by atoms with van der Waals surface area (Å²) in [6, 6.07) is 1.51. The van der Waals surface area contributed by atoms with Crippen LogP contribution in [0.3, 0.4) is 0 Å². The molecule has 0 radical (unpaired) electrons. The van der Waals surface area contributed by atoms with Crippen molar-refractivity contribution in [3.05, 3.63) is 33.6 Å². The van der Waals surface area contributed by atoms with E-state index in [4.69, 9.17) is 10.2 Å². The maximum atomic E-state index is 13.6. The van der Waals surface area contributed by atoms with Crippen molar-refractivity contribution in [3.63, 3.8) is 0 Å². The Morgan fingerprint density at radius 3 is 2.67 bits per heavy atom. The molecule has 0 bridgehead atoms. The van der Waals surface area contributed by atoms with Gasteiger partial charge in [0.15, 0.2) is 0 Å². The number of aromatic carboxylic acids is 1. The standard InChI is InChI=1S/C13H17FN2O5/c1-2-8(3-4-17)7-15-11-6-10(14)9(13(18)19)5-12(11)16(20)21/h5-6,8,15,17H,2-4,7H2,1H3,(H,18,19). The predicted molar refractivity (Wildman–Crippen MR) is 74.0 cm³/mol. The van der Waals surface area contributed by atoms with Gasteiger partial charge in [-0.25, -0.2) is 9.18 Å². The Kier molecular flexibility index (Phi) is 6.04. The van der Waals surface area contributed by atoms with E-state index in [0.29, 0.717) is 19.0 Å². The van der Waals surface area contributed by atoms with Crippen LogP contribution in [-0.4, -0.2) is 34.3 Å². The molecule has 8 heteroatoms. The van der Waals surface area contributed by atoms with Gasteiger partial charge in [0.2, 0.25) is 0 Å². The van der Waals surface area contributed by atoms with Crippen LogP contribution in [0.5, 0.6) is 0 Å². The lowest BCUT2D eigenvalue weighted by atomic mass is 10.0. The highest BCUT2D eigenvalue weighted by molar-refractivity contribution is 5.90. The molecule has 0 heterocycles. The van der Waals surface area contributed by atoms with Crippen molar-refractivity contribution >= 4 is 17.3 Å². The van der Waals surface area contributed by atoms with Gasteiger partial charge in [-0.05, 0) is 12.3 Å². The van der Waals surface area contributed by atoms with Crippen LogP contribution >= 0.6 is 0 Å². The van der Waals surface area contributed by atoms with Crippen LogP contribution in [0.1, 0.15) is 30.1 Å². The van der Waals surface area contributed by atoms with Crippen molar-refractivity contribution in [2.24, 2.45) is 5.92 Å². The number of nitrogens with one attached hydrogen (secondary N) is 1. The summed E-state index contributed by atoms with van der Waals surface area (Å²) in [4.78, 5) is 21.0. The number of hydrogen-bond donors (Lipinski definition) is 3. The zero-order valence-corrected chi connectivity index (χ0v) is 11.5. The van der Waals surface area contributed by atoms with Gasteiger partial charge < -0.3 is 15.5 Å². The van der Waals surface area contributed by atoms with Crippen LogP contribution in [0.4, 0.5) is 15.8 Å². The van der Waals surface area contributed by atoms with E-state index in [1.807, 2.05) is 6.92 Å². The van der Waals surface area contributed by atoms with Gasteiger partial charge in [0.1, 0.15) is 17.1 Å². The molecule has 0 aliphatic heterocycles. The third-order valence-corrected chi connectivity index (χ3v) is 3.21. The van der Waals surface area contributed by atoms with Gasteiger partial charge in [-0.3, -0.25) is 10.1 Å². The molecular formula is C13H17FN2O5. The van der Waals surface area contributed by atoms with Crippen LogP contribution in [0.15, 0.2) is 12.1 Å². The van der Waals surface area contributed by atoms with Crippen molar-refractivity contribution < 1.29 is 24.3 Å². The van der Waals surface area contributed by atoms with Gasteiger partial charge in [0, 0.05) is 25.3 Å². The normalized spacial score (nSPS) is 12.0. The molecule has 0 aromatic heterocycles. The Labute approximate surface area is 120 Å². The minimum atomic E-state index is -1.56. The Morgan fingerprint density at radius 2 is 2.19 bits per heavy atom. The molecule has 1 unspecified atom stereocenters. The fourth-order valence-corrected chi connectivity index (χ4v) is 1.91. The summed E-state index contributed by atoms with van der Waals surface area (Å²) in [6.45, 7) is 2.23. The second-order valence-corrected chi connectivity index (χ2v) is 4.58. The summed E-state index contributed by atoms with van der Waals surface area (Å²) >= 11 is 0. The number of nitrogens with zero attached hydrogens (tertiary/aromatic N) is 1. The molecule has 0 fully saturated rings. The molecule has 0 saturated heterocycles. The van der Waals surface area contributed by atoms with E-state index in [2.05, 4.69) is 5.32 Å². The first kappa shape index (κ1) is 16.8. The SMILES string of the molecule is CCC(CCO)CNc1cc(F)c(C(=O)O)cc1[N+](=O)[O-]. The Bertz CT molecular complexity index is 536. The predicted octanol–water partition coefficient (Wildman–Crippen LogP) is 2.25. The number of halogens is 1. The zero-order chi connectivity index (χ0) is 16.0. The smallest absolute Gasteiger partial charge is 0.338 e. The quantitative estimate of drug-likeness (QED) is 0.501. The van der Waals surface area contributed by atoms with E-state index >= 15 is 0 Å². The zero-order valence-electron chi connectivity index (χ0n) is 11.5. The number of rotatable bonds is 8. The maximum absolute atomic E-state index is 13.6. The van der Waals surface area contributed by atoms with Crippen LogP contribution in [0.25, 0.3) is 0 Å². The van der Waals surface area contributed by atoms with Gasteiger partial charge in [0.05, 0.1) is 4.92 Å². The third kappa shape index (κ3) is 4.38. The highest BCUT2D eigenvalue weighted by atomic mass is 19.1. The molecule has 1 rings (SSSR count). The highest BCUT2D eigenvalue weighted by Crippen LogP contribution is 2.28. The molecule has 116 valence electrons. The van der Waals surface area contributed by atoms with Gasteiger partial charge in [0.25, 0.3) is 5.69 Å². The molecular weight excluding hydrogens is 283 g/mol. The van der Waals surface area contributed by atoms with Crippen LogP contribution in [0.2, 0.25) is 0 Å². The number of carboxylic acid groups (broad SMARTS) is 1. The first-order chi connectivity index (χ1) is 9.90. The van der Waals surface area contributed by atoms with Gasteiger partial charge in [-0.1, -0.05) is 13.3 Å². The topological polar surface area (TPSA) is 113 Å². The van der Waals surface area contributed by atoms with Gasteiger partial charge >= 0.3 is 5.97 Å². The van der Waals surface area contributed by atoms with Crippen LogP contribution < -0.4 is 5.32 Å². The second-order valence-electron chi connectivity index (χ2n) is 4.58. The van der Waals surface area contributed by atoms with Gasteiger partial charge in [-0.2, -0.15) is 0 Å². The van der Waals surface area contributed by atoms with Crippen LogP contribution in [-0.2, 0) is 0 Å². The molecule has 0 amide bonds. The van der Waals surface area contributed by atoms with Crippen LogP contribution in [0, 0.1) is 21.8 Å². The number of carbonyl (C=O) groups is 1. The number of aliphatic hydroxyl groups is 1. The van der Waals surface area contributed by atoms with Crippen molar-refractivity contribution in [1.29, 1.82) is 0 Å². The molecule has 0 spiro atoms. The fraction of sp³-hybridized carbons (Fsp3) is 0.462. The monoisotopic (exact) mass is 300 g/mol. The van der Waals surface area contributed by atoms with Crippen molar-refractivity contribution in [2.75, 3.05) is 18.5 Å². The summed E-state index contributed by atoms with van der Waals surface area (Å²) in [5, 5.41) is 31.4. The average molecular weight is 300 g/mol. The third-order valence-electron chi connectivity index (χ3n) is 3.21. The first-order valence-electron chi connectivity index (χ1n) is 6.46. The number of aliphatic hydroxyl groups excluding tert-OH is 1. The van der Waals surface area contributed by atoms with Crippen molar-refractivity contribution in [2.45, 2.75) is 19.8 Å². The van der Waals surface area contributed by atoms with E-state index in [1.165, 1.54) is 0 Å². The molecule has 1 aromatic carbocycles. The minimum Gasteiger partial charge on any atom is -0.478 e. The Balaban J connectivity index is 3.03. The average Bonchev–Trinajstić information content (AvgIpc) is 2.42. The number of nitro benzene ring substituents is 1. The molecule has 1 atom stereocenters. The van der Waals surface area contributed by atoms with E-state index in [9.17, 15) is 19.3 Å². The summed E-state index contributed by atoms with van der Waals surface area (Å²) in [6.07, 6.45) is 1.27.